The molecule has 2 atom stereocenters. The number of ether oxygens (including phenoxy) is 1. The molecule has 2 rings (SSSR count). The van der Waals surface area contributed by atoms with Crippen molar-refractivity contribution < 1.29 is 14.6 Å². The Labute approximate surface area is 105 Å². The smallest absolute Gasteiger partial charge is 0.325 e. The quantitative estimate of drug-likeness (QED) is 0.826. The summed E-state index contributed by atoms with van der Waals surface area (Å²) in [5.74, 6) is -0.340. The Bertz CT molecular complexity index is 366. The lowest BCUT2D eigenvalue weighted by Gasteiger charge is -2.36. The van der Waals surface area contributed by atoms with Crippen molar-refractivity contribution in [2.75, 3.05) is 13.7 Å². The van der Waals surface area contributed by atoms with Crippen molar-refractivity contribution in [2.45, 2.75) is 31.5 Å². The zero-order chi connectivity index (χ0) is 12.3. The number of aliphatic hydroxyl groups excluding tert-OH is 1. The van der Waals surface area contributed by atoms with Crippen molar-refractivity contribution in [3.8, 4) is 0 Å². The maximum Gasteiger partial charge on any atom is 0.325 e. The molecule has 0 aliphatic carbocycles. The predicted octanol–water partition coefficient (Wildman–Crippen LogP) is 1.25. The molecule has 1 fully saturated rings. The number of carbonyl (C=O) groups is 1. The van der Waals surface area contributed by atoms with Crippen LogP contribution in [-0.2, 0) is 16.1 Å². The van der Waals surface area contributed by atoms with Crippen molar-refractivity contribution in [3.63, 3.8) is 0 Å². The second-order valence-corrected chi connectivity index (χ2v) is 5.06. The van der Waals surface area contributed by atoms with Gasteiger partial charge in [-0.25, -0.2) is 0 Å². The summed E-state index contributed by atoms with van der Waals surface area (Å²) in [6.45, 7) is 1.52. The Morgan fingerprint density at radius 1 is 1.71 bits per heavy atom. The number of thiophene rings is 1. The van der Waals surface area contributed by atoms with Gasteiger partial charge >= 0.3 is 5.97 Å². The lowest BCUT2D eigenvalue weighted by Crippen LogP contribution is -2.52. The van der Waals surface area contributed by atoms with E-state index in [9.17, 15) is 9.90 Å². The molecule has 1 aromatic rings. The molecule has 1 saturated heterocycles. The summed E-state index contributed by atoms with van der Waals surface area (Å²) < 4.78 is 4.77. The SMILES string of the molecule is COC(=O)[C@H]1[C@H](O)CCCN1Cc1ccsc1. The summed E-state index contributed by atoms with van der Waals surface area (Å²) in [6.07, 6.45) is 0.966. The Hall–Kier alpha value is -0.910. The van der Waals surface area contributed by atoms with E-state index in [0.717, 1.165) is 13.0 Å². The fraction of sp³-hybridized carbons (Fsp3) is 0.583. The van der Waals surface area contributed by atoms with E-state index >= 15 is 0 Å². The molecule has 4 nitrogen and oxygen atoms in total. The van der Waals surface area contributed by atoms with Crippen LogP contribution in [0.25, 0.3) is 0 Å². The van der Waals surface area contributed by atoms with Crippen LogP contribution >= 0.6 is 11.3 Å². The molecule has 1 N–H and O–H groups in total. The van der Waals surface area contributed by atoms with E-state index in [-0.39, 0.29) is 5.97 Å². The van der Waals surface area contributed by atoms with Crippen molar-refractivity contribution in [1.29, 1.82) is 0 Å². The van der Waals surface area contributed by atoms with Crippen LogP contribution < -0.4 is 0 Å². The van der Waals surface area contributed by atoms with Crippen LogP contribution in [0.1, 0.15) is 18.4 Å². The van der Waals surface area contributed by atoms with Crippen LogP contribution in [0.15, 0.2) is 16.8 Å². The standard InChI is InChI=1S/C12H17NO3S/c1-16-12(15)11-10(14)3-2-5-13(11)7-9-4-6-17-8-9/h4,6,8,10-11,14H,2-3,5,7H2,1H3/t10-,11-/m1/s1. The van der Waals surface area contributed by atoms with Crippen LogP contribution in [0.4, 0.5) is 0 Å². The van der Waals surface area contributed by atoms with Crippen molar-refractivity contribution >= 4 is 17.3 Å². The lowest BCUT2D eigenvalue weighted by atomic mass is 9.98. The number of rotatable bonds is 3. The molecule has 2 heterocycles. The van der Waals surface area contributed by atoms with Gasteiger partial charge in [0.2, 0.25) is 0 Å². The van der Waals surface area contributed by atoms with Gasteiger partial charge in [-0.05, 0) is 41.8 Å². The molecule has 0 amide bonds. The summed E-state index contributed by atoms with van der Waals surface area (Å²) in [6, 6.07) is 1.52. The van der Waals surface area contributed by atoms with Crippen LogP contribution in [-0.4, -0.2) is 41.8 Å². The number of piperidine rings is 1. The number of carbonyl (C=O) groups excluding carboxylic acids is 1. The predicted molar refractivity (Wildman–Crippen MR) is 65.8 cm³/mol. The Kier molecular flexibility index (Phi) is 4.15. The van der Waals surface area contributed by atoms with E-state index < -0.39 is 12.1 Å². The molecule has 0 saturated carbocycles. The van der Waals surface area contributed by atoms with Gasteiger partial charge in [0.25, 0.3) is 0 Å². The number of aliphatic hydroxyl groups is 1. The third-order valence-electron chi connectivity index (χ3n) is 3.11. The molecular formula is C12H17NO3S. The van der Waals surface area contributed by atoms with Gasteiger partial charge in [-0.2, -0.15) is 11.3 Å². The van der Waals surface area contributed by atoms with Crippen LogP contribution in [0, 0.1) is 0 Å². The minimum absolute atomic E-state index is 0.340. The average Bonchev–Trinajstić information content (AvgIpc) is 2.81. The van der Waals surface area contributed by atoms with Gasteiger partial charge in [0, 0.05) is 6.54 Å². The van der Waals surface area contributed by atoms with E-state index in [1.807, 2.05) is 16.3 Å². The first-order valence-electron chi connectivity index (χ1n) is 5.73. The molecule has 1 aliphatic rings. The van der Waals surface area contributed by atoms with E-state index in [4.69, 9.17) is 4.74 Å². The molecule has 0 spiro atoms. The highest BCUT2D eigenvalue weighted by Gasteiger charge is 2.36. The summed E-state index contributed by atoms with van der Waals surface area (Å²) in [4.78, 5) is 13.7. The van der Waals surface area contributed by atoms with E-state index in [1.54, 1.807) is 11.3 Å². The number of methoxy groups -OCH3 is 1. The topological polar surface area (TPSA) is 49.8 Å². The minimum Gasteiger partial charge on any atom is -0.468 e. The number of esters is 1. The summed E-state index contributed by atoms with van der Waals surface area (Å²) in [7, 11) is 1.37. The fourth-order valence-electron chi connectivity index (χ4n) is 2.27. The van der Waals surface area contributed by atoms with E-state index in [0.29, 0.717) is 13.0 Å². The van der Waals surface area contributed by atoms with Crippen molar-refractivity contribution in [2.24, 2.45) is 0 Å². The number of hydrogen-bond donors (Lipinski definition) is 1. The van der Waals surface area contributed by atoms with Gasteiger partial charge in [0.15, 0.2) is 0 Å². The largest absolute Gasteiger partial charge is 0.468 e. The molecule has 0 aromatic carbocycles. The Morgan fingerprint density at radius 3 is 3.18 bits per heavy atom. The highest BCUT2D eigenvalue weighted by Crippen LogP contribution is 2.22. The van der Waals surface area contributed by atoms with Gasteiger partial charge < -0.3 is 9.84 Å². The molecule has 0 radical (unpaired) electrons. The molecular weight excluding hydrogens is 238 g/mol. The van der Waals surface area contributed by atoms with Crippen LogP contribution in [0.2, 0.25) is 0 Å². The molecule has 17 heavy (non-hydrogen) atoms. The zero-order valence-corrected chi connectivity index (χ0v) is 10.7. The summed E-state index contributed by atoms with van der Waals surface area (Å²) in [5, 5.41) is 14.0. The molecule has 5 heteroatoms. The number of likely N-dealkylation sites (tertiary alicyclic amines) is 1. The third-order valence-corrected chi connectivity index (χ3v) is 3.84. The van der Waals surface area contributed by atoms with E-state index in [2.05, 4.69) is 5.38 Å². The highest BCUT2D eigenvalue weighted by molar-refractivity contribution is 7.07. The van der Waals surface area contributed by atoms with Gasteiger partial charge in [0.1, 0.15) is 6.04 Å². The highest BCUT2D eigenvalue weighted by atomic mass is 32.1. The molecule has 0 unspecified atom stereocenters. The first-order valence-corrected chi connectivity index (χ1v) is 6.67. The maximum atomic E-state index is 11.7. The second-order valence-electron chi connectivity index (χ2n) is 4.28. The summed E-state index contributed by atoms with van der Waals surface area (Å²) in [5.41, 5.74) is 1.18. The third kappa shape index (κ3) is 2.86. The number of hydrogen-bond acceptors (Lipinski definition) is 5. The molecule has 0 bridgehead atoms. The second kappa shape index (κ2) is 5.62. The first kappa shape index (κ1) is 12.5. The zero-order valence-electron chi connectivity index (χ0n) is 9.83. The van der Waals surface area contributed by atoms with Crippen LogP contribution in [0.5, 0.6) is 0 Å². The van der Waals surface area contributed by atoms with Gasteiger partial charge in [-0.3, -0.25) is 9.69 Å². The fourth-order valence-corrected chi connectivity index (χ4v) is 2.93. The van der Waals surface area contributed by atoms with Gasteiger partial charge in [-0.1, -0.05) is 0 Å². The van der Waals surface area contributed by atoms with Crippen LogP contribution in [0.3, 0.4) is 0 Å². The molecule has 1 aliphatic heterocycles. The lowest BCUT2D eigenvalue weighted by molar-refractivity contribution is -0.154. The van der Waals surface area contributed by atoms with Gasteiger partial charge in [-0.15, -0.1) is 0 Å². The maximum absolute atomic E-state index is 11.7. The normalized spacial score (nSPS) is 25.8. The minimum atomic E-state index is -0.616. The van der Waals surface area contributed by atoms with Crippen molar-refractivity contribution in [3.05, 3.63) is 22.4 Å². The Balaban J connectivity index is 2.09. The average molecular weight is 255 g/mol. The summed E-state index contributed by atoms with van der Waals surface area (Å²) >= 11 is 1.64. The monoisotopic (exact) mass is 255 g/mol. The van der Waals surface area contributed by atoms with Crippen molar-refractivity contribution in [1.82, 2.24) is 4.90 Å². The Morgan fingerprint density at radius 2 is 2.53 bits per heavy atom. The van der Waals surface area contributed by atoms with Gasteiger partial charge in [0.05, 0.1) is 13.2 Å². The molecule has 1 aromatic heterocycles. The number of nitrogens with zero attached hydrogens (tertiary/aromatic N) is 1. The van der Waals surface area contributed by atoms with E-state index in [1.165, 1.54) is 12.7 Å². The molecule has 94 valence electrons. The first-order chi connectivity index (χ1) is 8.22.